The van der Waals surface area contributed by atoms with Gasteiger partial charge in [0.25, 0.3) is 0 Å². The van der Waals surface area contributed by atoms with Crippen molar-refractivity contribution in [1.82, 2.24) is 0 Å². The summed E-state index contributed by atoms with van der Waals surface area (Å²) in [5.74, 6) is 0.0250. The van der Waals surface area contributed by atoms with Crippen LogP contribution in [0, 0.1) is 11.3 Å². The molecule has 1 saturated carbocycles. The Balaban J connectivity index is 2.08. The van der Waals surface area contributed by atoms with Crippen LogP contribution in [0.4, 0.5) is 0 Å². The molecule has 4 atom stereocenters. The first-order chi connectivity index (χ1) is 11.2. The number of aliphatic hydroxyl groups excluding tert-OH is 2. The highest BCUT2D eigenvalue weighted by Crippen LogP contribution is 2.54. The number of phenolic OH excluding ortho intramolecular Hbond substituents is 1. The number of phenols is 1. The molecule has 1 aromatic carbocycles. The first kappa shape index (κ1) is 17.7. The SMILES string of the molecule is CC(CO)c1cc(O)c2c(c1)[C@@H](O)C[C@H]1C(C)(C)CCC[C@]1(O)C2. The van der Waals surface area contributed by atoms with Crippen LogP contribution in [0.1, 0.15) is 75.2 Å². The molecule has 1 aromatic rings. The summed E-state index contributed by atoms with van der Waals surface area (Å²) in [4.78, 5) is 0. The van der Waals surface area contributed by atoms with Crippen molar-refractivity contribution in [3.8, 4) is 5.75 Å². The van der Waals surface area contributed by atoms with E-state index in [1.54, 1.807) is 6.07 Å². The second kappa shape index (κ2) is 6.01. The second-order valence-corrected chi connectivity index (χ2v) is 8.62. The summed E-state index contributed by atoms with van der Waals surface area (Å²) in [6, 6.07) is 3.57. The first-order valence-corrected chi connectivity index (χ1v) is 9.05. The van der Waals surface area contributed by atoms with Crippen LogP contribution in [0.3, 0.4) is 0 Å². The predicted octanol–water partition coefficient (Wildman–Crippen LogP) is 3.03. The summed E-state index contributed by atoms with van der Waals surface area (Å²) in [6.07, 6.45) is 2.91. The van der Waals surface area contributed by atoms with Gasteiger partial charge in [-0.3, -0.25) is 0 Å². The molecule has 4 nitrogen and oxygen atoms in total. The van der Waals surface area contributed by atoms with E-state index in [0.717, 1.165) is 18.4 Å². The smallest absolute Gasteiger partial charge is 0.119 e. The number of hydrogen-bond donors (Lipinski definition) is 4. The van der Waals surface area contributed by atoms with Gasteiger partial charge in [0.15, 0.2) is 0 Å². The van der Waals surface area contributed by atoms with Gasteiger partial charge in [-0.25, -0.2) is 0 Å². The Morgan fingerprint density at radius 2 is 1.96 bits per heavy atom. The topological polar surface area (TPSA) is 80.9 Å². The number of aromatic hydroxyl groups is 1. The predicted molar refractivity (Wildman–Crippen MR) is 93.0 cm³/mol. The number of rotatable bonds is 2. The van der Waals surface area contributed by atoms with Gasteiger partial charge in [-0.05, 0) is 47.8 Å². The largest absolute Gasteiger partial charge is 0.508 e. The van der Waals surface area contributed by atoms with Gasteiger partial charge in [0, 0.05) is 24.5 Å². The normalized spacial score (nSPS) is 33.2. The number of benzene rings is 1. The summed E-state index contributed by atoms with van der Waals surface area (Å²) < 4.78 is 0. The Morgan fingerprint density at radius 3 is 2.62 bits per heavy atom. The molecule has 1 unspecified atom stereocenters. The molecule has 0 amide bonds. The Hall–Kier alpha value is -1.10. The van der Waals surface area contributed by atoms with Crippen molar-refractivity contribution in [1.29, 1.82) is 0 Å². The molecule has 0 heterocycles. The van der Waals surface area contributed by atoms with Crippen LogP contribution >= 0.6 is 0 Å². The Labute approximate surface area is 144 Å². The van der Waals surface area contributed by atoms with Gasteiger partial charge in [-0.15, -0.1) is 0 Å². The summed E-state index contributed by atoms with van der Waals surface area (Å²) in [7, 11) is 0. The van der Waals surface area contributed by atoms with Gasteiger partial charge < -0.3 is 20.4 Å². The molecule has 0 aromatic heterocycles. The molecule has 4 heteroatoms. The third-order valence-corrected chi connectivity index (χ3v) is 6.45. The third-order valence-electron chi connectivity index (χ3n) is 6.45. The molecular weight excluding hydrogens is 304 g/mol. The molecule has 2 aliphatic rings. The lowest BCUT2D eigenvalue weighted by Crippen LogP contribution is -2.50. The Morgan fingerprint density at radius 1 is 1.25 bits per heavy atom. The van der Waals surface area contributed by atoms with Crippen LogP contribution in [-0.2, 0) is 6.42 Å². The van der Waals surface area contributed by atoms with Crippen LogP contribution in [0.2, 0.25) is 0 Å². The maximum absolute atomic E-state index is 11.4. The minimum atomic E-state index is -0.879. The van der Waals surface area contributed by atoms with E-state index in [4.69, 9.17) is 0 Å². The van der Waals surface area contributed by atoms with E-state index in [2.05, 4.69) is 13.8 Å². The van der Waals surface area contributed by atoms with E-state index < -0.39 is 11.7 Å². The van der Waals surface area contributed by atoms with Gasteiger partial charge in [0.1, 0.15) is 5.75 Å². The maximum Gasteiger partial charge on any atom is 0.119 e. The van der Waals surface area contributed by atoms with Crippen molar-refractivity contribution in [2.24, 2.45) is 11.3 Å². The van der Waals surface area contributed by atoms with Crippen molar-refractivity contribution in [2.75, 3.05) is 6.61 Å². The molecule has 0 radical (unpaired) electrons. The summed E-state index contributed by atoms with van der Waals surface area (Å²) in [6.45, 7) is 6.22. The average Bonchev–Trinajstić information content (AvgIpc) is 2.62. The molecule has 0 bridgehead atoms. The maximum atomic E-state index is 11.4. The number of fused-ring (bicyclic) bond motifs is 2. The Bertz CT molecular complexity index is 624. The second-order valence-electron chi connectivity index (χ2n) is 8.62. The van der Waals surface area contributed by atoms with Crippen molar-refractivity contribution in [3.63, 3.8) is 0 Å². The van der Waals surface area contributed by atoms with E-state index in [1.807, 2.05) is 13.0 Å². The highest BCUT2D eigenvalue weighted by Gasteiger charge is 2.51. The minimum absolute atomic E-state index is 0.000680. The van der Waals surface area contributed by atoms with E-state index >= 15 is 0 Å². The zero-order valence-electron chi connectivity index (χ0n) is 14.9. The number of hydrogen-bond acceptors (Lipinski definition) is 4. The van der Waals surface area contributed by atoms with Crippen LogP contribution in [-0.4, -0.2) is 32.6 Å². The summed E-state index contributed by atoms with van der Waals surface area (Å²) >= 11 is 0. The van der Waals surface area contributed by atoms with Gasteiger partial charge in [-0.1, -0.05) is 33.3 Å². The van der Waals surface area contributed by atoms with Gasteiger partial charge in [0.2, 0.25) is 0 Å². The highest BCUT2D eigenvalue weighted by molar-refractivity contribution is 5.47. The van der Waals surface area contributed by atoms with E-state index in [0.29, 0.717) is 30.4 Å². The zero-order chi connectivity index (χ0) is 17.7. The third kappa shape index (κ3) is 2.85. The lowest BCUT2D eigenvalue weighted by atomic mass is 9.59. The van der Waals surface area contributed by atoms with E-state index in [-0.39, 0.29) is 29.6 Å². The van der Waals surface area contributed by atoms with E-state index in [1.165, 1.54) is 0 Å². The zero-order valence-corrected chi connectivity index (χ0v) is 14.9. The van der Waals surface area contributed by atoms with Gasteiger partial charge in [0.05, 0.1) is 11.7 Å². The monoisotopic (exact) mass is 334 g/mol. The van der Waals surface area contributed by atoms with Crippen molar-refractivity contribution in [3.05, 3.63) is 28.8 Å². The van der Waals surface area contributed by atoms with Crippen molar-refractivity contribution >= 4 is 0 Å². The minimum Gasteiger partial charge on any atom is -0.508 e. The van der Waals surface area contributed by atoms with Crippen LogP contribution < -0.4 is 0 Å². The fourth-order valence-corrected chi connectivity index (χ4v) is 4.91. The molecule has 134 valence electrons. The Kier molecular flexibility index (Phi) is 4.44. The fraction of sp³-hybridized carbons (Fsp3) is 0.700. The quantitative estimate of drug-likeness (QED) is 0.670. The lowest BCUT2D eigenvalue weighted by Gasteiger charge is -2.49. The van der Waals surface area contributed by atoms with Crippen LogP contribution in [0.5, 0.6) is 5.75 Å². The molecule has 0 saturated heterocycles. The summed E-state index contributed by atoms with van der Waals surface area (Å²) in [5.41, 5.74) is 1.29. The molecule has 1 fully saturated rings. The molecule has 2 aliphatic carbocycles. The van der Waals surface area contributed by atoms with Gasteiger partial charge >= 0.3 is 0 Å². The molecule has 0 spiro atoms. The van der Waals surface area contributed by atoms with Crippen LogP contribution in [0.15, 0.2) is 12.1 Å². The molecule has 4 N–H and O–H groups in total. The molecular formula is C20H30O4. The fourth-order valence-electron chi connectivity index (χ4n) is 4.91. The number of aliphatic hydroxyl groups is 3. The van der Waals surface area contributed by atoms with Crippen molar-refractivity contribution in [2.45, 2.75) is 70.5 Å². The highest BCUT2D eigenvalue weighted by atomic mass is 16.3. The first-order valence-electron chi connectivity index (χ1n) is 9.05. The molecule has 24 heavy (non-hydrogen) atoms. The molecule has 3 rings (SSSR count). The average molecular weight is 334 g/mol. The van der Waals surface area contributed by atoms with Crippen molar-refractivity contribution < 1.29 is 20.4 Å². The van der Waals surface area contributed by atoms with E-state index in [9.17, 15) is 20.4 Å². The van der Waals surface area contributed by atoms with Gasteiger partial charge in [-0.2, -0.15) is 0 Å². The summed E-state index contributed by atoms with van der Waals surface area (Å²) in [5, 5.41) is 42.2. The van der Waals surface area contributed by atoms with Crippen LogP contribution in [0.25, 0.3) is 0 Å². The lowest BCUT2D eigenvalue weighted by molar-refractivity contribution is -0.112. The molecule has 0 aliphatic heterocycles. The standard InChI is InChI=1S/C20H30O4/c1-12(11-21)13-7-14-15(16(22)8-13)10-20(24)6-4-5-19(2,3)18(20)9-17(14)23/h7-8,12,17-18,21-24H,4-6,9-11H2,1-3H3/t12?,17-,18-,20-/m0/s1.